The first-order valence-electron chi connectivity index (χ1n) is 57.9. The van der Waals surface area contributed by atoms with Gasteiger partial charge in [0.15, 0.2) is 0 Å². The van der Waals surface area contributed by atoms with Gasteiger partial charge in [-0.1, -0.05) is 236 Å². The monoisotopic (exact) mass is 2030 g/mol. The van der Waals surface area contributed by atoms with Gasteiger partial charge in [0.2, 0.25) is 11.8 Å². The standard InChI is InChI=1S/C44H66N2O3.C43H64N2O3.C37H53NO2.C7H13NO3/c1-28(2)31-18-23-44(46-27-26-45-38(48)39(3,4)5)25-24-42(9)33(36(31)44)16-17-35-41(8)21-19-32(29-12-14-30(15-13-29)37(47)49-11)40(6,7)34(41)20-22-43(35,42)10;1-27(2)30-17-22-43(45-26-25-44-37(48)38(3,4)5)24-23-41(9)32(35(30)43)15-16-34-40(8)20-18-31(28-11-13-29(14-12-28)36(46)47)39(6,7)33(40)19-21-42(34,41)10;1-23(2)26-15-20-37(38)22-21-35(6)28(31(26)37)13-14-30-34(5)18-16-27(24-9-11-25(12-10-24)32(39)40-8)33(3,4)29(34)17-19-36(30,35)7;1-7(2,3)11-6(10)8-4-5-9/h12-15,19,31,33-36,46H,1,16-18,20-27H2,2-11H3,(H,45,48);11-14,18,30,32-35,45H,1,15-17,19-26H2,2-10H3,(H,44,48)(H,46,47);9-12,16,26,28-31H,1,13-15,17-22,38H2,2-8H3;5H,4H2,1-3H3,(H,8,10)/t31-,33+,34-,35+,36+,41-,42+,43+,44-;30-,32+,33-,34+,35+,40-,41+,42+,43-;26-,28+,29-,30+,31+,34-,35+,36+,37-;/m000./s1. The highest BCUT2D eigenvalue weighted by Crippen LogP contribution is 2.82. The number of carboxylic acid groups (broad SMARTS) is 1. The summed E-state index contributed by atoms with van der Waals surface area (Å²) in [5, 5.41) is 26.4. The Bertz CT molecular complexity index is 5600. The van der Waals surface area contributed by atoms with Crippen LogP contribution in [-0.2, 0) is 28.6 Å². The van der Waals surface area contributed by atoms with Gasteiger partial charge >= 0.3 is 24.0 Å². The average Bonchev–Trinajstić information content (AvgIpc) is 1.16. The van der Waals surface area contributed by atoms with E-state index in [2.05, 4.69) is 213 Å². The predicted molar refractivity (Wildman–Crippen MR) is 602 cm³/mol. The number of hydrogen-bond acceptors (Lipinski definition) is 13. The van der Waals surface area contributed by atoms with Gasteiger partial charge in [0, 0.05) is 53.6 Å². The first-order chi connectivity index (χ1) is 68.9. The largest absolute Gasteiger partial charge is 0.478 e. The molecular formula is C131H196N6O11. The Balaban J connectivity index is 0.000000158. The second-order valence-corrected chi connectivity index (χ2v) is 57.7. The molecule has 148 heavy (non-hydrogen) atoms. The molecule has 15 aliphatic carbocycles. The predicted octanol–water partition coefficient (Wildman–Crippen LogP) is 28.7. The van der Waals surface area contributed by atoms with Crippen molar-refractivity contribution in [3.63, 3.8) is 0 Å². The van der Waals surface area contributed by atoms with Gasteiger partial charge < -0.3 is 56.4 Å². The number of carbonyl (C=O) groups excluding carboxylic acids is 6. The molecule has 0 unspecified atom stereocenters. The van der Waals surface area contributed by atoms with Crippen molar-refractivity contribution in [2.24, 2.45) is 170 Å². The minimum Gasteiger partial charge on any atom is -0.478 e. The van der Waals surface area contributed by atoms with Crippen LogP contribution in [-0.4, -0.2) is 116 Å². The number of carbonyl (C=O) groups is 7. The Morgan fingerprint density at radius 2 is 0.689 bits per heavy atom. The van der Waals surface area contributed by atoms with E-state index in [1.807, 2.05) is 77.9 Å². The molecule has 17 heteroatoms. The minimum absolute atomic E-state index is 0.00505. The third-order valence-corrected chi connectivity index (χ3v) is 46.5. The van der Waals surface area contributed by atoms with Gasteiger partial charge in [0.25, 0.3) is 0 Å². The van der Waals surface area contributed by atoms with Gasteiger partial charge in [-0.3, -0.25) is 9.59 Å². The van der Waals surface area contributed by atoms with Gasteiger partial charge in [0.1, 0.15) is 11.9 Å². The second kappa shape index (κ2) is 40.9. The van der Waals surface area contributed by atoms with Gasteiger partial charge in [0.05, 0.1) is 37.5 Å². The molecule has 17 nitrogen and oxygen atoms in total. The molecule has 0 heterocycles. The minimum atomic E-state index is -0.867. The molecule has 12 saturated carbocycles. The highest BCUT2D eigenvalue weighted by Gasteiger charge is 2.75. The van der Waals surface area contributed by atoms with Gasteiger partial charge in [-0.15, -0.1) is 0 Å². The molecule has 3 amide bonds. The van der Waals surface area contributed by atoms with Crippen molar-refractivity contribution in [3.05, 3.63) is 161 Å². The van der Waals surface area contributed by atoms with E-state index in [0.29, 0.717) is 141 Å². The summed E-state index contributed by atoms with van der Waals surface area (Å²) in [4.78, 5) is 81.4. The van der Waals surface area contributed by atoms with Crippen molar-refractivity contribution in [2.45, 2.75) is 383 Å². The topological polar surface area (TPSA) is 254 Å². The molecule has 3 aromatic rings. The van der Waals surface area contributed by atoms with Crippen molar-refractivity contribution in [2.75, 3.05) is 46.9 Å². The van der Waals surface area contributed by atoms with Crippen molar-refractivity contribution in [1.82, 2.24) is 26.6 Å². The number of fused-ring (bicyclic) bond motifs is 21. The Hall–Kier alpha value is -7.73. The van der Waals surface area contributed by atoms with E-state index in [9.17, 15) is 38.7 Å². The van der Waals surface area contributed by atoms with E-state index in [-0.39, 0.29) is 101 Å². The quantitative estimate of drug-likeness (QED) is 0.0194. The van der Waals surface area contributed by atoms with E-state index in [4.69, 9.17) is 19.9 Å². The van der Waals surface area contributed by atoms with Crippen molar-refractivity contribution < 1.29 is 52.9 Å². The molecule has 0 bridgehead atoms. The number of rotatable bonds is 19. The first-order valence-corrected chi connectivity index (χ1v) is 57.9. The Kier molecular flexibility index (Phi) is 31.6. The maximum Gasteiger partial charge on any atom is 0.408 e. The Morgan fingerprint density at radius 1 is 0.378 bits per heavy atom. The SMILES string of the molecule is C=C(C)[C@@H]1CC[C@]2(N)CC[C@]3(C)[C@H](CC[C@@H]4[C@@]5(C)CC=C(c6ccc(C(=O)OC)cc6)C(C)(C)[C@@H]5CC[C@]43C)[C@@H]12.C=C(C)[C@@H]1CC[C@]2(NCCNC(=O)C(C)(C)C)CC[C@]3(C)[C@H](CC[C@@H]4[C@@]5(C)CC=C(c6ccc(C(=O)O)cc6)C(C)(C)[C@@H]5CC[C@]43C)[C@@H]12.C=C(C)[C@@H]1CC[C@]2(NCCNC(=O)C(C)(C)C)CC[C@]3(C)[C@H](CC[C@@H]4[C@@]5(C)CC=C(c6ccc(C(=O)OC)cc6)C(C)(C)[C@@H]5CC[C@]43C)[C@@H]12.CC(C)(C)OC(=O)NCC=O. The molecule has 0 spiro atoms. The average molecular weight is 2030 g/mol. The molecule has 0 radical (unpaired) electrons. The van der Waals surface area contributed by atoms with E-state index < -0.39 is 17.7 Å². The first kappa shape index (κ1) is 114. The summed E-state index contributed by atoms with van der Waals surface area (Å²) in [7, 11) is 2.89. The molecule has 0 saturated heterocycles. The number of methoxy groups -OCH3 is 2. The highest BCUT2D eigenvalue weighted by atomic mass is 16.6. The van der Waals surface area contributed by atoms with Crippen LogP contribution in [0.5, 0.6) is 0 Å². The van der Waals surface area contributed by atoms with Gasteiger partial charge in [-0.25, -0.2) is 19.2 Å². The lowest BCUT2D eigenvalue weighted by atomic mass is 9.33. The number of nitrogens with two attached hydrogens (primary N) is 1. The number of esters is 2. The van der Waals surface area contributed by atoms with Crippen molar-refractivity contribution >= 4 is 58.8 Å². The van der Waals surface area contributed by atoms with Crippen LogP contribution in [0.15, 0.2) is 127 Å². The van der Waals surface area contributed by atoms with E-state index in [1.54, 1.807) is 32.9 Å². The third-order valence-electron chi connectivity index (χ3n) is 46.5. The number of ether oxygens (including phenoxy) is 3. The third kappa shape index (κ3) is 19.4. The molecule has 15 aliphatic rings. The number of alkyl carbamates (subject to hydrolysis) is 1. The smallest absolute Gasteiger partial charge is 0.408 e. The van der Waals surface area contributed by atoms with Crippen LogP contribution in [0.2, 0.25) is 0 Å². The summed E-state index contributed by atoms with van der Waals surface area (Å²) >= 11 is 0. The molecule has 18 rings (SSSR count). The van der Waals surface area contributed by atoms with E-state index in [0.717, 1.165) is 38.3 Å². The van der Waals surface area contributed by atoms with Crippen molar-refractivity contribution in [1.29, 1.82) is 0 Å². The number of aromatic carboxylic acids is 1. The molecule has 816 valence electrons. The van der Waals surface area contributed by atoms with Crippen LogP contribution in [0.3, 0.4) is 0 Å². The number of hydrogen-bond donors (Lipinski definition) is 7. The van der Waals surface area contributed by atoms with Crippen LogP contribution in [0, 0.1) is 165 Å². The summed E-state index contributed by atoms with van der Waals surface area (Å²) in [6.45, 7) is 79.7. The zero-order chi connectivity index (χ0) is 109. The summed E-state index contributed by atoms with van der Waals surface area (Å²) in [5.41, 5.74) is 22.7. The lowest BCUT2D eigenvalue weighted by Gasteiger charge is -2.72. The number of carboxylic acids is 1. The van der Waals surface area contributed by atoms with Crippen LogP contribution in [0.25, 0.3) is 16.7 Å². The summed E-state index contributed by atoms with van der Waals surface area (Å²) in [6.07, 6.45) is 41.5. The summed E-state index contributed by atoms with van der Waals surface area (Å²) in [5.74, 6) is 8.38. The van der Waals surface area contributed by atoms with E-state index >= 15 is 0 Å². The zero-order valence-electron chi connectivity index (χ0n) is 97.3. The van der Waals surface area contributed by atoms with E-state index in [1.165, 1.54) is 218 Å². The van der Waals surface area contributed by atoms with Gasteiger partial charge in [-0.2, -0.15) is 0 Å². The molecular weight excluding hydrogens is 1830 g/mol. The molecule has 0 aliphatic heterocycles. The fraction of sp³-hybridized carbons (Fsp3) is 0.718. The van der Waals surface area contributed by atoms with Gasteiger partial charge in [-0.05, 0) is 438 Å². The second-order valence-electron chi connectivity index (χ2n) is 57.7. The number of benzene rings is 3. The number of allylic oxidation sites excluding steroid dienone is 9. The normalized spacial score (nSPS) is 39.0. The number of nitrogens with one attached hydrogen (secondary N) is 5. The van der Waals surface area contributed by atoms with Crippen LogP contribution >= 0.6 is 0 Å². The van der Waals surface area contributed by atoms with Crippen LogP contribution < -0.4 is 32.3 Å². The zero-order valence-corrected chi connectivity index (χ0v) is 97.3. The molecule has 12 fully saturated rings. The summed E-state index contributed by atoms with van der Waals surface area (Å²) < 4.78 is 14.7. The fourth-order valence-electron chi connectivity index (χ4n) is 39.0. The van der Waals surface area contributed by atoms with Crippen molar-refractivity contribution in [3.8, 4) is 0 Å². The maximum absolute atomic E-state index is 12.6. The highest BCUT2D eigenvalue weighted by molar-refractivity contribution is 5.91. The Morgan fingerprint density at radius 3 is 0.993 bits per heavy atom. The lowest BCUT2D eigenvalue weighted by molar-refractivity contribution is -0.219. The number of aldehydes is 1. The maximum atomic E-state index is 12.6. The van der Waals surface area contributed by atoms with Crippen LogP contribution in [0.1, 0.15) is 408 Å². The molecule has 27 atom stereocenters. The summed E-state index contributed by atoms with van der Waals surface area (Å²) in [6, 6.07) is 23.8. The molecule has 3 aromatic carbocycles. The fourth-order valence-corrected chi connectivity index (χ4v) is 39.0. The van der Waals surface area contributed by atoms with Crippen LogP contribution in [0.4, 0.5) is 4.79 Å². The lowest BCUT2D eigenvalue weighted by Crippen LogP contribution is -2.68. The Labute approximate surface area is 893 Å². The number of amides is 3. The molecule has 0 aromatic heterocycles. The molecule has 8 N–H and O–H groups in total.